The monoisotopic (exact) mass is 510 g/mol. The SMILES string of the molecule is CCOc1cc(/C=N\NC(=O)c2ccc(CSCc3ccccc3)cc2)ccc1OCc1ccccc1. The Morgan fingerprint density at radius 3 is 2.11 bits per heavy atom. The number of carbonyl (C=O) groups is 1. The summed E-state index contributed by atoms with van der Waals surface area (Å²) in [5.41, 5.74) is 7.52. The number of carbonyl (C=O) groups excluding carboxylic acids is 1. The summed E-state index contributed by atoms with van der Waals surface area (Å²) in [5, 5.41) is 4.12. The summed E-state index contributed by atoms with van der Waals surface area (Å²) in [6.07, 6.45) is 1.59. The van der Waals surface area contributed by atoms with Gasteiger partial charge >= 0.3 is 0 Å². The van der Waals surface area contributed by atoms with E-state index >= 15 is 0 Å². The molecule has 0 aliphatic carbocycles. The maximum absolute atomic E-state index is 12.5. The molecular formula is C31H30N2O3S. The van der Waals surface area contributed by atoms with Crippen LogP contribution in [0.1, 0.15) is 39.5 Å². The van der Waals surface area contributed by atoms with E-state index in [0.717, 1.165) is 22.6 Å². The first-order valence-electron chi connectivity index (χ1n) is 12.2. The molecule has 4 aromatic carbocycles. The summed E-state index contributed by atoms with van der Waals surface area (Å²) in [7, 11) is 0. The predicted octanol–water partition coefficient (Wildman–Crippen LogP) is 6.86. The average molecular weight is 511 g/mol. The topological polar surface area (TPSA) is 59.9 Å². The molecule has 0 radical (unpaired) electrons. The lowest BCUT2D eigenvalue weighted by Crippen LogP contribution is -2.17. The van der Waals surface area contributed by atoms with Crippen molar-refractivity contribution in [2.24, 2.45) is 5.10 Å². The van der Waals surface area contributed by atoms with Crippen LogP contribution < -0.4 is 14.9 Å². The molecule has 0 unspecified atom stereocenters. The van der Waals surface area contributed by atoms with Gasteiger partial charge in [-0.15, -0.1) is 0 Å². The van der Waals surface area contributed by atoms with E-state index in [-0.39, 0.29) is 5.91 Å². The number of nitrogens with zero attached hydrogens (tertiary/aromatic N) is 1. The zero-order chi connectivity index (χ0) is 25.7. The quantitative estimate of drug-likeness (QED) is 0.167. The maximum Gasteiger partial charge on any atom is 0.271 e. The fraction of sp³-hybridized carbons (Fsp3) is 0.161. The summed E-state index contributed by atoms with van der Waals surface area (Å²) in [6.45, 7) is 2.89. The van der Waals surface area contributed by atoms with Crippen LogP contribution >= 0.6 is 11.8 Å². The highest BCUT2D eigenvalue weighted by atomic mass is 32.2. The molecule has 0 fully saturated rings. The second kappa shape index (κ2) is 13.9. The van der Waals surface area contributed by atoms with Crippen LogP contribution in [0, 0.1) is 0 Å². The highest BCUT2D eigenvalue weighted by Crippen LogP contribution is 2.29. The fourth-order valence-electron chi connectivity index (χ4n) is 3.57. The molecule has 37 heavy (non-hydrogen) atoms. The Hall–Kier alpha value is -4.03. The Labute approximate surface area is 222 Å². The van der Waals surface area contributed by atoms with Crippen molar-refractivity contribution in [1.82, 2.24) is 5.43 Å². The number of ether oxygens (including phenoxy) is 2. The molecule has 5 nitrogen and oxygen atoms in total. The molecule has 0 aliphatic rings. The standard InChI is InChI=1S/C31H30N2O3S/c1-2-35-30-19-27(15-18-29(30)36-21-24-9-5-3-6-10-24)20-32-33-31(34)28-16-13-26(14-17-28)23-37-22-25-11-7-4-8-12-25/h3-20H,2,21-23H2,1H3,(H,33,34)/b32-20-. The highest BCUT2D eigenvalue weighted by molar-refractivity contribution is 7.97. The maximum atomic E-state index is 12.5. The molecule has 188 valence electrons. The zero-order valence-corrected chi connectivity index (χ0v) is 21.6. The first kappa shape index (κ1) is 26.0. The van der Waals surface area contributed by atoms with Gasteiger partial charge in [-0.05, 0) is 59.5 Å². The second-order valence-electron chi connectivity index (χ2n) is 8.29. The number of hydrogen-bond acceptors (Lipinski definition) is 5. The Balaban J connectivity index is 1.28. The van der Waals surface area contributed by atoms with Crippen molar-refractivity contribution in [2.75, 3.05) is 6.61 Å². The Bertz CT molecular complexity index is 1290. The molecule has 4 aromatic rings. The van der Waals surface area contributed by atoms with Crippen molar-refractivity contribution in [2.45, 2.75) is 25.0 Å². The van der Waals surface area contributed by atoms with Crippen LogP contribution in [-0.4, -0.2) is 18.7 Å². The minimum atomic E-state index is -0.257. The van der Waals surface area contributed by atoms with Gasteiger partial charge in [-0.25, -0.2) is 5.43 Å². The van der Waals surface area contributed by atoms with E-state index in [4.69, 9.17) is 9.47 Å². The van der Waals surface area contributed by atoms with Crippen molar-refractivity contribution in [3.8, 4) is 11.5 Å². The summed E-state index contributed by atoms with van der Waals surface area (Å²) in [5.74, 6) is 2.89. The average Bonchev–Trinajstić information content (AvgIpc) is 2.94. The molecule has 0 aromatic heterocycles. The summed E-state index contributed by atoms with van der Waals surface area (Å²) < 4.78 is 11.7. The predicted molar refractivity (Wildman–Crippen MR) is 151 cm³/mol. The number of benzene rings is 4. The van der Waals surface area contributed by atoms with Gasteiger partial charge in [0.25, 0.3) is 5.91 Å². The van der Waals surface area contributed by atoms with Gasteiger partial charge < -0.3 is 9.47 Å². The van der Waals surface area contributed by atoms with Crippen molar-refractivity contribution in [3.05, 3.63) is 131 Å². The number of thioether (sulfide) groups is 1. The molecule has 0 spiro atoms. The van der Waals surface area contributed by atoms with E-state index in [0.29, 0.717) is 30.3 Å². The highest BCUT2D eigenvalue weighted by Gasteiger charge is 2.08. The van der Waals surface area contributed by atoms with Crippen LogP contribution in [-0.2, 0) is 18.1 Å². The van der Waals surface area contributed by atoms with Gasteiger partial charge in [0.15, 0.2) is 11.5 Å². The van der Waals surface area contributed by atoms with Gasteiger partial charge in [-0.1, -0.05) is 72.8 Å². The third-order valence-electron chi connectivity index (χ3n) is 5.48. The Morgan fingerprint density at radius 1 is 0.784 bits per heavy atom. The van der Waals surface area contributed by atoms with E-state index in [2.05, 4.69) is 34.8 Å². The van der Waals surface area contributed by atoms with Crippen LogP contribution in [0.5, 0.6) is 11.5 Å². The van der Waals surface area contributed by atoms with Crippen LogP contribution in [0.3, 0.4) is 0 Å². The van der Waals surface area contributed by atoms with Gasteiger partial charge in [0.05, 0.1) is 12.8 Å². The van der Waals surface area contributed by atoms with Gasteiger partial charge in [0.1, 0.15) is 6.61 Å². The van der Waals surface area contributed by atoms with E-state index in [9.17, 15) is 4.79 Å². The normalized spacial score (nSPS) is 10.8. The Kier molecular flexibility index (Phi) is 9.78. The molecule has 0 saturated heterocycles. The number of nitrogens with one attached hydrogen (secondary N) is 1. The molecule has 1 amide bonds. The summed E-state index contributed by atoms with van der Waals surface area (Å²) in [4.78, 5) is 12.5. The van der Waals surface area contributed by atoms with Gasteiger partial charge in [-0.2, -0.15) is 16.9 Å². The van der Waals surface area contributed by atoms with Crippen molar-refractivity contribution < 1.29 is 14.3 Å². The first-order chi connectivity index (χ1) is 18.2. The van der Waals surface area contributed by atoms with Gasteiger partial charge in [0, 0.05) is 17.1 Å². The van der Waals surface area contributed by atoms with Crippen LogP contribution in [0.2, 0.25) is 0 Å². The Morgan fingerprint density at radius 2 is 1.43 bits per heavy atom. The lowest BCUT2D eigenvalue weighted by atomic mass is 10.1. The summed E-state index contributed by atoms with van der Waals surface area (Å²) >= 11 is 1.85. The third kappa shape index (κ3) is 8.26. The van der Waals surface area contributed by atoms with E-state index < -0.39 is 0 Å². The van der Waals surface area contributed by atoms with E-state index in [1.165, 1.54) is 11.1 Å². The molecule has 0 bridgehead atoms. The molecule has 6 heteroatoms. The molecule has 4 rings (SSSR count). The lowest BCUT2D eigenvalue weighted by Gasteiger charge is -2.12. The number of hydrazone groups is 1. The molecule has 0 heterocycles. The number of hydrogen-bond donors (Lipinski definition) is 1. The second-order valence-corrected chi connectivity index (χ2v) is 9.27. The molecule has 0 aliphatic heterocycles. The molecule has 0 atom stereocenters. The minimum Gasteiger partial charge on any atom is -0.490 e. The number of amides is 1. The third-order valence-corrected chi connectivity index (χ3v) is 6.56. The van der Waals surface area contributed by atoms with Gasteiger partial charge in [0.2, 0.25) is 0 Å². The first-order valence-corrected chi connectivity index (χ1v) is 13.3. The van der Waals surface area contributed by atoms with Crippen LogP contribution in [0.15, 0.2) is 108 Å². The lowest BCUT2D eigenvalue weighted by molar-refractivity contribution is 0.0955. The van der Waals surface area contributed by atoms with Crippen molar-refractivity contribution >= 4 is 23.9 Å². The fourth-order valence-corrected chi connectivity index (χ4v) is 4.53. The molecule has 0 saturated carbocycles. The molecule has 1 N–H and O–H groups in total. The smallest absolute Gasteiger partial charge is 0.271 e. The number of rotatable bonds is 12. The van der Waals surface area contributed by atoms with Crippen LogP contribution in [0.25, 0.3) is 0 Å². The minimum absolute atomic E-state index is 0.257. The van der Waals surface area contributed by atoms with Crippen molar-refractivity contribution in [3.63, 3.8) is 0 Å². The summed E-state index contributed by atoms with van der Waals surface area (Å²) in [6, 6.07) is 33.6. The molecular weight excluding hydrogens is 480 g/mol. The van der Waals surface area contributed by atoms with Gasteiger partial charge in [-0.3, -0.25) is 4.79 Å². The van der Waals surface area contributed by atoms with E-state index in [1.807, 2.05) is 97.5 Å². The van der Waals surface area contributed by atoms with Crippen LogP contribution in [0.4, 0.5) is 0 Å². The van der Waals surface area contributed by atoms with Crippen molar-refractivity contribution in [1.29, 1.82) is 0 Å². The largest absolute Gasteiger partial charge is 0.490 e. The van der Waals surface area contributed by atoms with E-state index in [1.54, 1.807) is 6.21 Å². The zero-order valence-electron chi connectivity index (χ0n) is 20.8.